The van der Waals surface area contributed by atoms with Crippen LogP contribution in [0.25, 0.3) is 16.1 Å². The summed E-state index contributed by atoms with van der Waals surface area (Å²) >= 11 is 1.79. The van der Waals surface area contributed by atoms with Gasteiger partial charge in [-0.1, -0.05) is 43.3 Å². The van der Waals surface area contributed by atoms with Crippen molar-refractivity contribution in [2.24, 2.45) is 0 Å². The fraction of sp³-hybridized carbons (Fsp3) is 0.227. The molecule has 0 saturated heterocycles. The van der Waals surface area contributed by atoms with Crippen molar-refractivity contribution < 1.29 is 14.6 Å². The van der Waals surface area contributed by atoms with E-state index < -0.39 is 5.97 Å². The third kappa shape index (κ3) is 3.42. The minimum absolute atomic E-state index is 0.00830. The predicted molar refractivity (Wildman–Crippen MR) is 109 cm³/mol. The van der Waals surface area contributed by atoms with Gasteiger partial charge in [-0.05, 0) is 58.2 Å². The zero-order valence-corrected chi connectivity index (χ0v) is 16.0. The van der Waals surface area contributed by atoms with Crippen molar-refractivity contribution in [2.45, 2.75) is 20.3 Å². The summed E-state index contributed by atoms with van der Waals surface area (Å²) in [6, 6.07) is 16.2. The molecule has 0 aromatic heterocycles. The summed E-state index contributed by atoms with van der Waals surface area (Å²) in [6.07, 6.45) is 0.00830. The molecule has 0 saturated carbocycles. The smallest absolute Gasteiger partial charge is 0.307 e. The molecule has 0 fully saturated rings. The van der Waals surface area contributed by atoms with E-state index in [-0.39, 0.29) is 6.42 Å². The number of benzene rings is 2. The third-order valence-electron chi connectivity index (χ3n) is 4.53. The van der Waals surface area contributed by atoms with Crippen LogP contribution < -0.4 is 4.74 Å². The van der Waals surface area contributed by atoms with Crippen molar-refractivity contribution >= 4 is 33.8 Å². The second-order valence-corrected chi connectivity index (χ2v) is 7.36. The lowest BCUT2D eigenvalue weighted by Gasteiger charge is -2.14. The Bertz CT molecular complexity index is 895. The number of carboxylic acids is 1. The highest BCUT2D eigenvalue weighted by Crippen LogP contribution is 2.49. The van der Waals surface area contributed by atoms with Crippen LogP contribution in [0.3, 0.4) is 0 Å². The molecule has 1 aliphatic rings. The maximum atomic E-state index is 11.5. The highest BCUT2D eigenvalue weighted by molar-refractivity contribution is 8.08. The number of allylic oxidation sites excluding steroid dienone is 2. The Hall–Kier alpha value is -2.46. The first-order valence-electron chi connectivity index (χ1n) is 8.60. The van der Waals surface area contributed by atoms with Crippen LogP contribution in [0.1, 0.15) is 37.0 Å². The Balaban J connectivity index is 2.29. The Morgan fingerprint density at radius 3 is 2.46 bits per heavy atom. The highest BCUT2D eigenvalue weighted by Gasteiger charge is 2.28. The molecule has 0 aliphatic heterocycles. The molecular formula is C22H22O3S. The number of rotatable bonds is 6. The number of carboxylic acid groups (broad SMARTS) is 1. The number of ether oxygens (including phenoxy) is 1. The van der Waals surface area contributed by atoms with E-state index in [0.717, 1.165) is 44.9 Å². The van der Waals surface area contributed by atoms with Gasteiger partial charge in [0.25, 0.3) is 0 Å². The molecule has 0 heterocycles. The van der Waals surface area contributed by atoms with Crippen LogP contribution in [0.4, 0.5) is 0 Å². The van der Waals surface area contributed by atoms with Crippen molar-refractivity contribution in [3.05, 3.63) is 70.8 Å². The van der Waals surface area contributed by atoms with Gasteiger partial charge in [-0.2, -0.15) is 0 Å². The second kappa shape index (κ2) is 7.83. The Labute approximate surface area is 158 Å². The molecule has 0 unspecified atom stereocenters. The molecule has 1 N–H and O–H groups in total. The Morgan fingerprint density at radius 2 is 1.85 bits per heavy atom. The lowest BCUT2D eigenvalue weighted by atomic mass is 10.00. The Kier molecular flexibility index (Phi) is 5.52. The zero-order valence-electron chi connectivity index (χ0n) is 15.2. The molecular weight excluding hydrogens is 344 g/mol. The van der Waals surface area contributed by atoms with Gasteiger partial charge in [-0.15, -0.1) is 11.8 Å². The number of hydrogen-bond donors (Lipinski definition) is 1. The summed E-state index contributed by atoms with van der Waals surface area (Å²) in [7, 11) is 1.63. The lowest BCUT2D eigenvalue weighted by molar-refractivity contribution is -0.135. The van der Waals surface area contributed by atoms with Gasteiger partial charge in [0.15, 0.2) is 0 Å². The van der Waals surface area contributed by atoms with Crippen LogP contribution in [0, 0.1) is 0 Å². The molecule has 0 amide bonds. The third-order valence-corrected chi connectivity index (χ3v) is 5.55. The molecule has 134 valence electrons. The SMILES string of the molecule is CCSC(=C1C(C)=C(CC(=O)O)c2cc(OC)ccc21)c1ccccc1. The van der Waals surface area contributed by atoms with Gasteiger partial charge in [0.2, 0.25) is 0 Å². The second-order valence-electron chi connectivity index (χ2n) is 6.09. The quantitative estimate of drug-likeness (QED) is 0.725. The predicted octanol–water partition coefficient (Wildman–Crippen LogP) is 5.58. The number of aliphatic carboxylic acids is 1. The molecule has 0 radical (unpaired) electrons. The van der Waals surface area contributed by atoms with Gasteiger partial charge in [-0.25, -0.2) is 0 Å². The summed E-state index contributed by atoms with van der Waals surface area (Å²) in [5.41, 5.74) is 6.25. The first kappa shape index (κ1) is 18.3. The van der Waals surface area contributed by atoms with Crippen molar-refractivity contribution in [1.29, 1.82) is 0 Å². The van der Waals surface area contributed by atoms with Gasteiger partial charge in [0, 0.05) is 4.91 Å². The zero-order chi connectivity index (χ0) is 18.7. The van der Waals surface area contributed by atoms with E-state index in [1.807, 2.05) is 43.3 Å². The molecule has 4 heteroatoms. The van der Waals surface area contributed by atoms with Crippen molar-refractivity contribution in [1.82, 2.24) is 0 Å². The standard InChI is InChI=1S/C22H22O3S/c1-4-26-22(15-8-6-5-7-9-15)21-14(2)18(13-20(23)24)19-12-16(25-3)10-11-17(19)21/h5-12H,4,13H2,1-3H3,(H,23,24). The van der Waals surface area contributed by atoms with Crippen LogP contribution >= 0.6 is 11.8 Å². The fourth-order valence-electron chi connectivity index (χ4n) is 3.38. The van der Waals surface area contributed by atoms with E-state index >= 15 is 0 Å². The highest BCUT2D eigenvalue weighted by atomic mass is 32.2. The monoisotopic (exact) mass is 366 g/mol. The van der Waals surface area contributed by atoms with E-state index in [4.69, 9.17) is 4.74 Å². The largest absolute Gasteiger partial charge is 0.497 e. The first-order chi connectivity index (χ1) is 12.6. The minimum Gasteiger partial charge on any atom is -0.497 e. The fourth-order valence-corrected chi connectivity index (χ4v) is 4.38. The average molecular weight is 366 g/mol. The van der Waals surface area contributed by atoms with Gasteiger partial charge < -0.3 is 9.84 Å². The minimum atomic E-state index is -0.821. The van der Waals surface area contributed by atoms with Crippen molar-refractivity contribution in [3.8, 4) is 5.75 Å². The van der Waals surface area contributed by atoms with Gasteiger partial charge >= 0.3 is 5.97 Å². The van der Waals surface area contributed by atoms with Crippen molar-refractivity contribution in [3.63, 3.8) is 0 Å². The number of fused-ring (bicyclic) bond motifs is 1. The summed E-state index contributed by atoms with van der Waals surface area (Å²) < 4.78 is 5.36. The van der Waals surface area contributed by atoms with Gasteiger partial charge in [-0.3, -0.25) is 4.79 Å². The summed E-state index contributed by atoms with van der Waals surface area (Å²) in [5, 5.41) is 9.40. The summed E-state index contributed by atoms with van der Waals surface area (Å²) in [6.45, 7) is 4.16. The first-order valence-corrected chi connectivity index (χ1v) is 9.58. The van der Waals surface area contributed by atoms with E-state index in [0.29, 0.717) is 0 Å². The molecule has 1 aliphatic carbocycles. The topological polar surface area (TPSA) is 46.5 Å². The van der Waals surface area contributed by atoms with E-state index in [9.17, 15) is 9.90 Å². The molecule has 26 heavy (non-hydrogen) atoms. The molecule has 2 aromatic rings. The average Bonchev–Trinajstić information content (AvgIpc) is 2.91. The lowest BCUT2D eigenvalue weighted by Crippen LogP contribution is -1.97. The summed E-state index contributed by atoms with van der Waals surface area (Å²) in [4.78, 5) is 12.6. The van der Waals surface area contributed by atoms with E-state index in [1.54, 1.807) is 18.9 Å². The molecule has 0 spiro atoms. The van der Waals surface area contributed by atoms with Crippen LogP contribution in [0.15, 0.2) is 54.1 Å². The molecule has 3 rings (SSSR count). The van der Waals surface area contributed by atoms with Crippen molar-refractivity contribution in [2.75, 3.05) is 12.9 Å². The van der Waals surface area contributed by atoms with Crippen LogP contribution in [0.2, 0.25) is 0 Å². The normalized spacial score (nSPS) is 15.0. The maximum absolute atomic E-state index is 11.5. The molecule has 2 aromatic carbocycles. The molecule has 3 nitrogen and oxygen atoms in total. The summed E-state index contributed by atoms with van der Waals surface area (Å²) in [5.74, 6) is 0.865. The van der Waals surface area contributed by atoms with Gasteiger partial charge in [0.1, 0.15) is 5.75 Å². The Morgan fingerprint density at radius 1 is 1.12 bits per heavy atom. The van der Waals surface area contributed by atoms with Crippen LogP contribution in [-0.2, 0) is 4.79 Å². The molecule has 0 bridgehead atoms. The number of thioether (sulfide) groups is 1. The van der Waals surface area contributed by atoms with Gasteiger partial charge in [0.05, 0.1) is 13.5 Å². The van der Waals surface area contributed by atoms with Crippen LogP contribution in [0.5, 0.6) is 5.75 Å². The number of methoxy groups -OCH3 is 1. The van der Waals surface area contributed by atoms with E-state index in [1.165, 1.54) is 4.91 Å². The van der Waals surface area contributed by atoms with Crippen LogP contribution in [-0.4, -0.2) is 23.9 Å². The van der Waals surface area contributed by atoms with E-state index in [2.05, 4.69) is 19.1 Å². The molecule has 0 atom stereocenters. The number of hydrogen-bond acceptors (Lipinski definition) is 3. The number of carbonyl (C=O) groups is 1. The maximum Gasteiger partial charge on any atom is 0.307 e.